The van der Waals surface area contributed by atoms with Crippen molar-refractivity contribution < 1.29 is 0 Å². The first-order valence-corrected chi connectivity index (χ1v) is 6.75. The highest BCUT2D eigenvalue weighted by Crippen LogP contribution is 2.36. The molecule has 2 nitrogen and oxygen atoms in total. The fraction of sp³-hybridized carbons (Fsp3) is 1.00. The topological polar surface area (TPSA) is 38.0 Å². The molecule has 2 saturated carbocycles. The molecular formula is C13H26N2. The molecule has 0 heterocycles. The number of hydrogen-bond donors (Lipinski definition) is 2. The fourth-order valence-electron chi connectivity index (χ4n) is 2.97. The highest BCUT2D eigenvalue weighted by atomic mass is 15.2. The maximum absolute atomic E-state index is 5.69. The zero-order valence-electron chi connectivity index (χ0n) is 10.0. The molecule has 0 bridgehead atoms. The van der Waals surface area contributed by atoms with Gasteiger partial charge in [0.2, 0.25) is 0 Å². The summed E-state index contributed by atoms with van der Waals surface area (Å²) in [5.41, 5.74) is 3.07. The summed E-state index contributed by atoms with van der Waals surface area (Å²) in [5, 5.41) is 0. The van der Waals surface area contributed by atoms with E-state index in [-0.39, 0.29) is 0 Å². The van der Waals surface area contributed by atoms with Gasteiger partial charge < -0.3 is 0 Å². The smallest absolute Gasteiger partial charge is 0.0238 e. The lowest BCUT2D eigenvalue weighted by Crippen LogP contribution is -2.42. The molecule has 0 spiro atoms. The van der Waals surface area contributed by atoms with Crippen molar-refractivity contribution in [2.45, 2.75) is 64.3 Å². The highest BCUT2D eigenvalue weighted by molar-refractivity contribution is 4.82. The third-order valence-electron chi connectivity index (χ3n) is 4.43. The van der Waals surface area contributed by atoms with Crippen LogP contribution in [0.4, 0.5) is 0 Å². The van der Waals surface area contributed by atoms with Crippen molar-refractivity contribution in [1.82, 2.24) is 5.43 Å². The zero-order chi connectivity index (χ0) is 10.7. The van der Waals surface area contributed by atoms with Crippen LogP contribution in [0.3, 0.4) is 0 Å². The lowest BCUT2D eigenvalue weighted by molar-refractivity contribution is 0.219. The molecular weight excluding hydrogens is 184 g/mol. The summed E-state index contributed by atoms with van der Waals surface area (Å²) < 4.78 is 0. The minimum Gasteiger partial charge on any atom is -0.271 e. The minimum absolute atomic E-state index is 0.595. The average Bonchev–Trinajstić information content (AvgIpc) is 3.05. The van der Waals surface area contributed by atoms with Crippen LogP contribution in [0.25, 0.3) is 0 Å². The molecule has 0 aromatic rings. The Labute approximate surface area is 94.0 Å². The second-order valence-corrected chi connectivity index (χ2v) is 5.81. The van der Waals surface area contributed by atoms with Crippen molar-refractivity contribution >= 4 is 0 Å². The molecule has 2 fully saturated rings. The van der Waals surface area contributed by atoms with Crippen LogP contribution >= 0.6 is 0 Å². The van der Waals surface area contributed by atoms with E-state index in [9.17, 15) is 0 Å². The zero-order valence-corrected chi connectivity index (χ0v) is 10.0. The summed E-state index contributed by atoms with van der Waals surface area (Å²) in [4.78, 5) is 0. The fourth-order valence-corrected chi connectivity index (χ4v) is 2.97. The quantitative estimate of drug-likeness (QED) is 0.541. The molecule has 0 aliphatic heterocycles. The van der Waals surface area contributed by atoms with E-state index >= 15 is 0 Å². The average molecular weight is 210 g/mol. The van der Waals surface area contributed by atoms with Crippen molar-refractivity contribution in [3.63, 3.8) is 0 Å². The van der Waals surface area contributed by atoms with Gasteiger partial charge in [0.25, 0.3) is 0 Å². The molecule has 2 aliphatic carbocycles. The number of hydrazine groups is 1. The maximum atomic E-state index is 5.69. The molecule has 1 unspecified atom stereocenters. The molecule has 3 N–H and O–H groups in total. The number of rotatable bonds is 5. The van der Waals surface area contributed by atoms with Crippen molar-refractivity contribution in [2.75, 3.05) is 0 Å². The van der Waals surface area contributed by atoms with Gasteiger partial charge in [-0.3, -0.25) is 11.3 Å². The summed E-state index contributed by atoms with van der Waals surface area (Å²) in [6, 6.07) is 0.595. The van der Waals surface area contributed by atoms with E-state index in [0.717, 1.165) is 17.8 Å². The van der Waals surface area contributed by atoms with Crippen LogP contribution < -0.4 is 11.3 Å². The van der Waals surface area contributed by atoms with E-state index in [1.54, 1.807) is 0 Å². The van der Waals surface area contributed by atoms with E-state index in [1.807, 2.05) is 0 Å². The summed E-state index contributed by atoms with van der Waals surface area (Å²) in [7, 11) is 0. The van der Waals surface area contributed by atoms with E-state index < -0.39 is 0 Å². The third kappa shape index (κ3) is 3.46. The van der Waals surface area contributed by atoms with E-state index in [4.69, 9.17) is 5.84 Å². The normalized spacial score (nSPS) is 34.0. The Morgan fingerprint density at radius 1 is 1.13 bits per heavy atom. The first-order valence-electron chi connectivity index (χ1n) is 6.75. The van der Waals surface area contributed by atoms with Gasteiger partial charge in [-0.15, -0.1) is 0 Å². The van der Waals surface area contributed by atoms with Gasteiger partial charge in [-0.1, -0.05) is 32.6 Å². The Kier molecular flexibility index (Phi) is 4.04. The molecule has 0 radical (unpaired) electrons. The number of hydrogen-bond acceptors (Lipinski definition) is 2. The first kappa shape index (κ1) is 11.4. The van der Waals surface area contributed by atoms with Crippen LogP contribution in [0.5, 0.6) is 0 Å². The van der Waals surface area contributed by atoms with Gasteiger partial charge in [0.05, 0.1) is 0 Å². The van der Waals surface area contributed by atoms with Gasteiger partial charge in [0.1, 0.15) is 0 Å². The van der Waals surface area contributed by atoms with Crippen molar-refractivity contribution in [3.05, 3.63) is 0 Å². The summed E-state index contributed by atoms with van der Waals surface area (Å²) >= 11 is 0. The van der Waals surface area contributed by atoms with Crippen LogP contribution in [0, 0.1) is 17.8 Å². The Morgan fingerprint density at radius 2 is 1.80 bits per heavy atom. The van der Waals surface area contributed by atoms with Crippen LogP contribution in [-0.4, -0.2) is 6.04 Å². The predicted octanol–water partition coefficient (Wildman–Crippen LogP) is 2.83. The van der Waals surface area contributed by atoms with Gasteiger partial charge in [0, 0.05) is 6.04 Å². The lowest BCUT2D eigenvalue weighted by Gasteiger charge is -2.32. The van der Waals surface area contributed by atoms with E-state index in [0.29, 0.717) is 6.04 Å². The summed E-state index contributed by atoms with van der Waals surface area (Å²) in [6.07, 6.45) is 11.2. The molecule has 0 saturated heterocycles. The second kappa shape index (κ2) is 5.31. The molecule has 0 amide bonds. The Balaban J connectivity index is 1.72. The van der Waals surface area contributed by atoms with E-state index in [2.05, 4.69) is 12.3 Å². The molecule has 0 aromatic heterocycles. The Bertz CT molecular complexity index is 181. The molecule has 1 atom stereocenters. The van der Waals surface area contributed by atoms with E-state index in [1.165, 1.54) is 51.4 Å². The largest absolute Gasteiger partial charge is 0.271 e. The maximum Gasteiger partial charge on any atom is 0.0238 e. The van der Waals surface area contributed by atoms with Crippen LogP contribution in [-0.2, 0) is 0 Å². The van der Waals surface area contributed by atoms with Crippen LogP contribution in [0.1, 0.15) is 58.3 Å². The summed E-state index contributed by atoms with van der Waals surface area (Å²) in [5.74, 6) is 8.54. The summed E-state index contributed by atoms with van der Waals surface area (Å²) in [6.45, 7) is 2.38. The Hall–Kier alpha value is -0.0800. The van der Waals surface area contributed by atoms with Gasteiger partial charge in [-0.2, -0.15) is 0 Å². The standard InChI is InChI=1S/C13H26N2/c1-10-2-7-12(8-3-10)13(15-14)9-6-11-4-5-11/h10-13,15H,2-9,14H2,1H3. The second-order valence-electron chi connectivity index (χ2n) is 5.81. The number of nitrogens with two attached hydrogens (primary N) is 1. The van der Waals surface area contributed by atoms with Crippen molar-refractivity contribution in [1.29, 1.82) is 0 Å². The lowest BCUT2D eigenvalue weighted by atomic mass is 9.78. The predicted molar refractivity (Wildman–Crippen MR) is 64.2 cm³/mol. The van der Waals surface area contributed by atoms with Crippen LogP contribution in [0.2, 0.25) is 0 Å². The van der Waals surface area contributed by atoms with Crippen LogP contribution in [0.15, 0.2) is 0 Å². The molecule has 2 rings (SSSR count). The molecule has 88 valence electrons. The van der Waals surface area contributed by atoms with Crippen molar-refractivity contribution in [2.24, 2.45) is 23.6 Å². The molecule has 15 heavy (non-hydrogen) atoms. The van der Waals surface area contributed by atoms with Gasteiger partial charge in [0.15, 0.2) is 0 Å². The number of nitrogens with one attached hydrogen (secondary N) is 1. The van der Waals surface area contributed by atoms with Gasteiger partial charge in [-0.25, -0.2) is 0 Å². The first-order chi connectivity index (χ1) is 7.29. The minimum atomic E-state index is 0.595. The van der Waals surface area contributed by atoms with Gasteiger partial charge in [-0.05, 0) is 43.4 Å². The molecule has 2 heteroatoms. The monoisotopic (exact) mass is 210 g/mol. The van der Waals surface area contributed by atoms with Crippen molar-refractivity contribution in [3.8, 4) is 0 Å². The Morgan fingerprint density at radius 3 is 2.33 bits per heavy atom. The molecule has 0 aromatic carbocycles. The third-order valence-corrected chi connectivity index (χ3v) is 4.43. The van der Waals surface area contributed by atoms with Gasteiger partial charge >= 0.3 is 0 Å². The molecule has 2 aliphatic rings. The SMILES string of the molecule is CC1CCC(C(CCC2CC2)NN)CC1. The highest BCUT2D eigenvalue weighted by Gasteiger charge is 2.28.